The first kappa shape index (κ1) is 14.0. The van der Waals surface area contributed by atoms with Crippen LogP contribution in [-0.4, -0.2) is 31.1 Å². The fourth-order valence-electron chi connectivity index (χ4n) is 1.54. The van der Waals surface area contributed by atoms with E-state index in [0.717, 1.165) is 24.8 Å². The molecule has 0 radical (unpaired) electrons. The van der Waals surface area contributed by atoms with Crippen LogP contribution in [0, 0.1) is 5.92 Å². The number of hydrogen-bond acceptors (Lipinski definition) is 2. The lowest BCUT2D eigenvalue weighted by Gasteiger charge is -2.25. The summed E-state index contributed by atoms with van der Waals surface area (Å²) in [4.78, 5) is 2.36. The van der Waals surface area contributed by atoms with Gasteiger partial charge in [-0.3, -0.25) is 0 Å². The van der Waals surface area contributed by atoms with Gasteiger partial charge in [0.05, 0.1) is 0 Å². The van der Waals surface area contributed by atoms with E-state index in [1.807, 2.05) is 30.3 Å². The van der Waals surface area contributed by atoms with Crippen molar-refractivity contribution in [1.29, 1.82) is 0 Å². The van der Waals surface area contributed by atoms with Gasteiger partial charge in [-0.2, -0.15) is 0 Å². The second-order valence-corrected chi connectivity index (χ2v) is 5.14. The molecular formula is C15H25NO. The number of nitrogens with zero attached hydrogens (tertiary/aromatic N) is 1. The molecule has 0 bridgehead atoms. The fourth-order valence-corrected chi connectivity index (χ4v) is 1.54. The molecule has 1 aromatic carbocycles. The van der Waals surface area contributed by atoms with Crippen molar-refractivity contribution in [2.45, 2.75) is 33.2 Å². The summed E-state index contributed by atoms with van der Waals surface area (Å²) >= 11 is 0. The van der Waals surface area contributed by atoms with Crippen LogP contribution in [0.5, 0.6) is 5.75 Å². The van der Waals surface area contributed by atoms with Crippen molar-refractivity contribution >= 4 is 0 Å². The van der Waals surface area contributed by atoms with Crippen LogP contribution < -0.4 is 4.74 Å². The molecule has 0 amide bonds. The quantitative estimate of drug-likeness (QED) is 0.718. The SMILES string of the molecule is CC(C)CCN(C)[C@@H](C)COc1ccccc1. The van der Waals surface area contributed by atoms with Crippen LogP contribution in [0.4, 0.5) is 0 Å². The lowest BCUT2D eigenvalue weighted by atomic mass is 10.1. The van der Waals surface area contributed by atoms with Crippen LogP contribution in [0.2, 0.25) is 0 Å². The molecule has 0 N–H and O–H groups in total. The predicted octanol–water partition coefficient (Wildman–Crippen LogP) is 3.43. The van der Waals surface area contributed by atoms with Crippen molar-refractivity contribution in [2.24, 2.45) is 5.92 Å². The van der Waals surface area contributed by atoms with Gasteiger partial charge in [-0.25, -0.2) is 0 Å². The Morgan fingerprint density at radius 2 is 1.76 bits per heavy atom. The molecule has 0 heterocycles. The highest BCUT2D eigenvalue weighted by atomic mass is 16.5. The van der Waals surface area contributed by atoms with Crippen LogP contribution in [0.25, 0.3) is 0 Å². The van der Waals surface area contributed by atoms with E-state index in [9.17, 15) is 0 Å². The average molecular weight is 235 g/mol. The van der Waals surface area contributed by atoms with Crippen molar-refractivity contribution in [2.75, 3.05) is 20.2 Å². The van der Waals surface area contributed by atoms with Gasteiger partial charge in [-0.05, 0) is 45.0 Å². The molecule has 17 heavy (non-hydrogen) atoms. The summed E-state index contributed by atoms with van der Waals surface area (Å²) in [6.07, 6.45) is 1.24. The number of rotatable bonds is 7. The van der Waals surface area contributed by atoms with E-state index >= 15 is 0 Å². The molecule has 0 unspecified atom stereocenters. The number of hydrogen-bond donors (Lipinski definition) is 0. The molecule has 96 valence electrons. The molecule has 0 aliphatic rings. The average Bonchev–Trinajstić information content (AvgIpc) is 2.34. The van der Waals surface area contributed by atoms with E-state index in [1.165, 1.54) is 6.42 Å². The Bertz CT molecular complexity index is 297. The maximum absolute atomic E-state index is 5.75. The van der Waals surface area contributed by atoms with Crippen LogP contribution in [0.3, 0.4) is 0 Å². The van der Waals surface area contributed by atoms with E-state index in [1.54, 1.807) is 0 Å². The van der Waals surface area contributed by atoms with Gasteiger partial charge in [-0.15, -0.1) is 0 Å². The van der Waals surface area contributed by atoms with Crippen LogP contribution >= 0.6 is 0 Å². The Morgan fingerprint density at radius 3 is 2.35 bits per heavy atom. The van der Waals surface area contributed by atoms with Gasteiger partial charge in [0.15, 0.2) is 0 Å². The zero-order valence-electron chi connectivity index (χ0n) is 11.5. The molecule has 1 aromatic rings. The zero-order chi connectivity index (χ0) is 12.7. The molecule has 0 saturated heterocycles. The zero-order valence-corrected chi connectivity index (χ0v) is 11.5. The number of ether oxygens (including phenoxy) is 1. The fraction of sp³-hybridized carbons (Fsp3) is 0.600. The highest BCUT2D eigenvalue weighted by Gasteiger charge is 2.10. The molecule has 0 aliphatic carbocycles. The minimum Gasteiger partial charge on any atom is -0.492 e. The number of para-hydroxylation sites is 1. The van der Waals surface area contributed by atoms with Crippen molar-refractivity contribution in [1.82, 2.24) is 4.90 Å². The van der Waals surface area contributed by atoms with E-state index in [0.29, 0.717) is 6.04 Å². The molecular weight excluding hydrogens is 210 g/mol. The van der Waals surface area contributed by atoms with E-state index in [4.69, 9.17) is 4.74 Å². The molecule has 0 aliphatic heterocycles. The topological polar surface area (TPSA) is 12.5 Å². The third kappa shape index (κ3) is 5.73. The summed E-state index contributed by atoms with van der Waals surface area (Å²) in [5.41, 5.74) is 0. The van der Waals surface area contributed by atoms with Gasteiger partial charge < -0.3 is 9.64 Å². The Balaban J connectivity index is 2.26. The predicted molar refractivity (Wildman–Crippen MR) is 73.5 cm³/mol. The first-order chi connectivity index (χ1) is 8.09. The summed E-state index contributed by atoms with van der Waals surface area (Å²) in [7, 11) is 2.17. The highest BCUT2D eigenvalue weighted by Crippen LogP contribution is 2.10. The summed E-state index contributed by atoms with van der Waals surface area (Å²) < 4.78 is 5.75. The number of benzene rings is 1. The standard InChI is InChI=1S/C15H25NO/c1-13(2)10-11-16(4)14(3)12-17-15-8-6-5-7-9-15/h5-9,13-14H,10-12H2,1-4H3/t14-/m0/s1. The van der Waals surface area contributed by atoms with Crippen LogP contribution in [0.15, 0.2) is 30.3 Å². The first-order valence-corrected chi connectivity index (χ1v) is 6.47. The van der Waals surface area contributed by atoms with Gasteiger partial charge in [0.25, 0.3) is 0 Å². The lowest BCUT2D eigenvalue weighted by molar-refractivity contribution is 0.167. The molecule has 0 saturated carbocycles. The van der Waals surface area contributed by atoms with Crippen molar-refractivity contribution in [3.8, 4) is 5.75 Å². The van der Waals surface area contributed by atoms with Gasteiger partial charge in [0.1, 0.15) is 12.4 Å². The lowest BCUT2D eigenvalue weighted by Crippen LogP contribution is -2.35. The minimum absolute atomic E-state index is 0.453. The normalized spacial score (nSPS) is 13.1. The van der Waals surface area contributed by atoms with E-state index < -0.39 is 0 Å². The molecule has 0 fully saturated rings. The van der Waals surface area contributed by atoms with Gasteiger partial charge in [0, 0.05) is 6.04 Å². The van der Waals surface area contributed by atoms with Gasteiger partial charge >= 0.3 is 0 Å². The minimum atomic E-state index is 0.453. The monoisotopic (exact) mass is 235 g/mol. The molecule has 1 atom stereocenters. The van der Waals surface area contributed by atoms with Crippen molar-refractivity contribution in [3.05, 3.63) is 30.3 Å². The smallest absolute Gasteiger partial charge is 0.119 e. The van der Waals surface area contributed by atoms with Crippen LogP contribution in [0.1, 0.15) is 27.2 Å². The Labute approximate surface area is 106 Å². The summed E-state index contributed by atoms with van der Waals surface area (Å²) in [5, 5.41) is 0. The largest absolute Gasteiger partial charge is 0.492 e. The second-order valence-electron chi connectivity index (χ2n) is 5.14. The summed E-state index contributed by atoms with van der Waals surface area (Å²) in [6.45, 7) is 8.62. The summed E-state index contributed by atoms with van der Waals surface area (Å²) in [6, 6.07) is 10.5. The Kier molecular flexibility index (Phi) is 6.06. The third-order valence-corrected chi connectivity index (χ3v) is 3.05. The van der Waals surface area contributed by atoms with E-state index in [-0.39, 0.29) is 0 Å². The summed E-state index contributed by atoms with van der Waals surface area (Å²) in [5.74, 6) is 1.72. The Hall–Kier alpha value is -1.02. The van der Waals surface area contributed by atoms with E-state index in [2.05, 4.69) is 32.7 Å². The highest BCUT2D eigenvalue weighted by molar-refractivity contribution is 5.20. The Morgan fingerprint density at radius 1 is 1.12 bits per heavy atom. The van der Waals surface area contributed by atoms with Crippen molar-refractivity contribution < 1.29 is 4.74 Å². The van der Waals surface area contributed by atoms with Crippen LogP contribution in [-0.2, 0) is 0 Å². The van der Waals surface area contributed by atoms with Gasteiger partial charge in [0.2, 0.25) is 0 Å². The molecule has 0 spiro atoms. The number of likely N-dealkylation sites (N-methyl/N-ethyl adjacent to an activating group) is 1. The van der Waals surface area contributed by atoms with Crippen molar-refractivity contribution in [3.63, 3.8) is 0 Å². The molecule has 1 rings (SSSR count). The molecule has 2 heteroatoms. The third-order valence-electron chi connectivity index (χ3n) is 3.05. The molecule has 2 nitrogen and oxygen atoms in total. The maximum Gasteiger partial charge on any atom is 0.119 e. The van der Waals surface area contributed by atoms with Gasteiger partial charge in [-0.1, -0.05) is 32.0 Å². The first-order valence-electron chi connectivity index (χ1n) is 6.47. The maximum atomic E-state index is 5.75. The molecule has 0 aromatic heterocycles. The second kappa shape index (κ2) is 7.33.